The van der Waals surface area contributed by atoms with Gasteiger partial charge in [0.05, 0.1) is 24.2 Å². The summed E-state index contributed by atoms with van der Waals surface area (Å²) in [5.41, 5.74) is 5.21. The average molecular weight is 422 g/mol. The van der Waals surface area contributed by atoms with E-state index in [1.54, 1.807) is 38.0 Å². The Kier molecular flexibility index (Phi) is 5.17. The van der Waals surface area contributed by atoms with Crippen molar-refractivity contribution in [2.75, 3.05) is 24.9 Å². The van der Waals surface area contributed by atoms with E-state index < -0.39 is 9.73 Å². The number of hydrogen-bond donors (Lipinski definition) is 2. The molecule has 0 spiro atoms. The zero-order chi connectivity index (χ0) is 21.3. The number of hydrogen-bond acceptors (Lipinski definition) is 6. The van der Waals surface area contributed by atoms with Crippen LogP contribution in [0.25, 0.3) is 22.2 Å². The Morgan fingerprint density at radius 3 is 2.73 bits per heavy atom. The second-order valence-electron chi connectivity index (χ2n) is 7.26. The predicted molar refractivity (Wildman–Crippen MR) is 122 cm³/mol. The molecule has 0 atom stereocenters. The molecule has 0 unspecified atom stereocenters. The molecule has 2 N–H and O–H groups in total. The quantitative estimate of drug-likeness (QED) is 0.471. The number of rotatable bonds is 5. The SMILES string of the molecule is COc1cc(N=S(C)(C)=O)ccc1Nc1ncc(C)c(-c2c[nH]c3ccccc23)n1. The molecule has 2 aromatic carbocycles. The molecule has 2 aromatic heterocycles. The summed E-state index contributed by atoms with van der Waals surface area (Å²) in [5.74, 6) is 1.02. The highest BCUT2D eigenvalue weighted by Gasteiger charge is 2.13. The van der Waals surface area contributed by atoms with Crippen LogP contribution >= 0.6 is 0 Å². The highest BCUT2D eigenvalue weighted by atomic mass is 32.2. The van der Waals surface area contributed by atoms with E-state index in [1.165, 1.54) is 0 Å². The maximum absolute atomic E-state index is 12.0. The van der Waals surface area contributed by atoms with Gasteiger partial charge >= 0.3 is 0 Å². The van der Waals surface area contributed by atoms with Crippen molar-refractivity contribution >= 4 is 38.0 Å². The summed E-state index contributed by atoms with van der Waals surface area (Å²) in [6, 6.07) is 13.5. The molecule has 0 saturated heterocycles. The molecule has 0 aliphatic heterocycles. The van der Waals surface area contributed by atoms with Gasteiger partial charge in [0.1, 0.15) is 5.75 Å². The average Bonchev–Trinajstić information content (AvgIpc) is 3.13. The molecule has 7 nitrogen and oxygen atoms in total. The fraction of sp³-hybridized carbons (Fsp3) is 0.182. The maximum atomic E-state index is 12.0. The molecule has 4 rings (SSSR count). The van der Waals surface area contributed by atoms with Crippen LogP contribution in [-0.4, -0.2) is 38.8 Å². The van der Waals surface area contributed by atoms with E-state index in [2.05, 4.69) is 25.7 Å². The second kappa shape index (κ2) is 7.79. The topological polar surface area (TPSA) is 92.3 Å². The predicted octanol–water partition coefficient (Wildman–Crippen LogP) is 5.04. The summed E-state index contributed by atoms with van der Waals surface area (Å²) in [5, 5.41) is 4.33. The molecule has 0 aliphatic rings. The van der Waals surface area contributed by atoms with Crippen LogP contribution in [0.4, 0.5) is 17.3 Å². The second-order valence-corrected chi connectivity index (χ2v) is 9.80. The number of aryl methyl sites for hydroxylation is 1. The highest BCUT2D eigenvalue weighted by Crippen LogP contribution is 2.33. The monoisotopic (exact) mass is 421 g/mol. The Labute approximate surface area is 175 Å². The van der Waals surface area contributed by atoms with E-state index in [0.29, 0.717) is 23.1 Å². The number of H-pyrrole nitrogens is 1. The third-order valence-electron chi connectivity index (χ3n) is 4.57. The number of nitrogens with zero attached hydrogens (tertiary/aromatic N) is 3. The molecule has 0 fully saturated rings. The molecule has 4 aromatic rings. The number of anilines is 2. The highest BCUT2D eigenvalue weighted by molar-refractivity contribution is 7.92. The standard InChI is InChI=1S/C22H23N5O2S/c1-14-12-24-22(26-21(14)17-13-23-18-8-6-5-7-16(17)18)25-19-10-9-15(11-20(19)29-2)27-30(3,4)28/h5-13,23H,1-4H3,(H,24,25,26). The Morgan fingerprint density at radius 2 is 1.97 bits per heavy atom. The fourth-order valence-electron chi connectivity index (χ4n) is 3.26. The van der Waals surface area contributed by atoms with Crippen LogP contribution in [0, 0.1) is 6.92 Å². The lowest BCUT2D eigenvalue weighted by Gasteiger charge is -2.12. The molecule has 0 amide bonds. The lowest BCUT2D eigenvalue weighted by atomic mass is 10.1. The minimum Gasteiger partial charge on any atom is -0.494 e. The van der Waals surface area contributed by atoms with Gasteiger partial charge in [-0.2, -0.15) is 4.36 Å². The van der Waals surface area contributed by atoms with Crippen molar-refractivity contribution in [1.29, 1.82) is 0 Å². The Morgan fingerprint density at radius 1 is 1.17 bits per heavy atom. The van der Waals surface area contributed by atoms with Gasteiger partial charge in [-0.25, -0.2) is 14.2 Å². The molecule has 2 heterocycles. The van der Waals surface area contributed by atoms with Gasteiger partial charge in [-0.1, -0.05) is 18.2 Å². The van der Waals surface area contributed by atoms with Crippen molar-refractivity contribution < 1.29 is 8.95 Å². The molecule has 0 saturated carbocycles. The van der Waals surface area contributed by atoms with E-state index in [9.17, 15) is 4.21 Å². The first-order valence-corrected chi connectivity index (χ1v) is 11.7. The number of aromatic amines is 1. The largest absolute Gasteiger partial charge is 0.494 e. The molecule has 154 valence electrons. The first-order valence-electron chi connectivity index (χ1n) is 9.36. The number of methoxy groups -OCH3 is 1. The first kappa shape index (κ1) is 19.9. The van der Waals surface area contributed by atoms with Crippen LogP contribution in [-0.2, 0) is 9.73 Å². The van der Waals surface area contributed by atoms with E-state index in [0.717, 1.165) is 27.7 Å². The fourth-order valence-corrected chi connectivity index (χ4v) is 3.88. The van der Waals surface area contributed by atoms with Gasteiger partial charge < -0.3 is 15.0 Å². The van der Waals surface area contributed by atoms with Crippen molar-refractivity contribution in [3.8, 4) is 17.0 Å². The van der Waals surface area contributed by atoms with Gasteiger partial charge in [0, 0.05) is 57.2 Å². The molecule has 8 heteroatoms. The Bertz CT molecular complexity index is 1340. The molecule has 0 aliphatic carbocycles. The van der Waals surface area contributed by atoms with Crippen LogP contribution < -0.4 is 10.1 Å². The van der Waals surface area contributed by atoms with Crippen LogP contribution in [0.5, 0.6) is 5.75 Å². The number of nitrogens with one attached hydrogen (secondary N) is 2. The van der Waals surface area contributed by atoms with E-state index in [-0.39, 0.29) is 0 Å². The molecular formula is C22H23N5O2S. The van der Waals surface area contributed by atoms with Gasteiger partial charge in [-0.05, 0) is 30.7 Å². The van der Waals surface area contributed by atoms with E-state index in [1.807, 2.05) is 37.4 Å². The molecular weight excluding hydrogens is 398 g/mol. The number of aromatic nitrogens is 3. The van der Waals surface area contributed by atoms with Crippen molar-refractivity contribution in [2.45, 2.75) is 6.92 Å². The maximum Gasteiger partial charge on any atom is 0.227 e. The zero-order valence-electron chi connectivity index (χ0n) is 17.3. The third kappa shape index (κ3) is 4.13. The number of fused-ring (bicyclic) bond motifs is 1. The van der Waals surface area contributed by atoms with Crippen LogP contribution in [0.1, 0.15) is 5.56 Å². The number of ether oxygens (including phenoxy) is 1. The normalized spacial score (nSPS) is 11.5. The van der Waals surface area contributed by atoms with Crippen LogP contribution in [0.3, 0.4) is 0 Å². The Balaban J connectivity index is 1.71. The van der Waals surface area contributed by atoms with Crippen molar-refractivity contribution in [3.05, 3.63) is 60.4 Å². The summed E-state index contributed by atoms with van der Waals surface area (Å²) in [6.07, 6.45) is 6.95. The first-order chi connectivity index (χ1) is 14.3. The smallest absolute Gasteiger partial charge is 0.227 e. The van der Waals surface area contributed by atoms with Crippen LogP contribution in [0.15, 0.2) is 59.2 Å². The summed E-state index contributed by atoms with van der Waals surface area (Å²) < 4.78 is 21.7. The number of para-hydroxylation sites is 1. The molecule has 0 radical (unpaired) electrons. The lowest BCUT2D eigenvalue weighted by molar-refractivity contribution is 0.417. The van der Waals surface area contributed by atoms with E-state index >= 15 is 0 Å². The van der Waals surface area contributed by atoms with Gasteiger partial charge in [0.15, 0.2) is 0 Å². The van der Waals surface area contributed by atoms with Gasteiger partial charge in [-0.3, -0.25) is 0 Å². The minimum absolute atomic E-state index is 0.457. The lowest BCUT2D eigenvalue weighted by Crippen LogP contribution is -2.01. The minimum atomic E-state index is -2.26. The van der Waals surface area contributed by atoms with Gasteiger partial charge in [0.2, 0.25) is 5.95 Å². The summed E-state index contributed by atoms with van der Waals surface area (Å²) in [7, 11) is -0.680. The molecule has 0 bridgehead atoms. The summed E-state index contributed by atoms with van der Waals surface area (Å²) in [6.45, 7) is 1.99. The summed E-state index contributed by atoms with van der Waals surface area (Å²) >= 11 is 0. The summed E-state index contributed by atoms with van der Waals surface area (Å²) in [4.78, 5) is 12.5. The van der Waals surface area contributed by atoms with Crippen molar-refractivity contribution in [2.24, 2.45) is 4.36 Å². The van der Waals surface area contributed by atoms with Crippen LogP contribution in [0.2, 0.25) is 0 Å². The van der Waals surface area contributed by atoms with E-state index in [4.69, 9.17) is 9.72 Å². The van der Waals surface area contributed by atoms with Crippen molar-refractivity contribution in [3.63, 3.8) is 0 Å². The number of benzene rings is 2. The van der Waals surface area contributed by atoms with Crippen molar-refractivity contribution in [1.82, 2.24) is 15.0 Å². The third-order valence-corrected chi connectivity index (χ3v) is 5.22. The molecule has 30 heavy (non-hydrogen) atoms. The Hall–Kier alpha value is -3.39. The zero-order valence-corrected chi connectivity index (χ0v) is 18.1. The van der Waals surface area contributed by atoms with Gasteiger partial charge in [0.25, 0.3) is 0 Å². The van der Waals surface area contributed by atoms with Gasteiger partial charge in [-0.15, -0.1) is 0 Å².